The smallest absolute Gasteiger partial charge is 0.337 e. The molecule has 3 nitrogen and oxygen atoms in total. The Kier molecular flexibility index (Phi) is 4.94. The summed E-state index contributed by atoms with van der Waals surface area (Å²) < 4.78 is 10.1. The molecule has 14 heavy (non-hydrogen) atoms. The molecule has 1 rings (SSSR count). The molecule has 0 N–H and O–H groups in total. The van der Waals surface area contributed by atoms with Gasteiger partial charge in [-0.25, -0.2) is 4.79 Å². The number of carbonyl (C=O) groups excluding carboxylic acids is 1. The summed E-state index contributed by atoms with van der Waals surface area (Å²) in [4.78, 5) is 11.2. The molecule has 0 aromatic carbocycles. The van der Waals surface area contributed by atoms with E-state index in [0.29, 0.717) is 6.61 Å². The fraction of sp³-hybridized carbons (Fsp3) is 0.909. The van der Waals surface area contributed by atoms with Gasteiger partial charge < -0.3 is 9.47 Å². The van der Waals surface area contributed by atoms with Gasteiger partial charge in [-0.2, -0.15) is 0 Å². The summed E-state index contributed by atoms with van der Waals surface area (Å²) in [6, 6.07) is 0. The molecule has 0 saturated carbocycles. The molecule has 1 heterocycles. The van der Waals surface area contributed by atoms with Crippen molar-refractivity contribution in [3.8, 4) is 0 Å². The van der Waals surface area contributed by atoms with Crippen LogP contribution in [0.4, 0.5) is 0 Å². The van der Waals surface area contributed by atoms with Crippen LogP contribution in [-0.2, 0) is 14.3 Å². The van der Waals surface area contributed by atoms with Gasteiger partial charge >= 0.3 is 5.97 Å². The fourth-order valence-electron chi connectivity index (χ4n) is 1.57. The van der Waals surface area contributed by atoms with E-state index in [1.165, 1.54) is 19.3 Å². The van der Waals surface area contributed by atoms with Crippen molar-refractivity contribution in [2.24, 2.45) is 0 Å². The number of epoxide rings is 1. The van der Waals surface area contributed by atoms with Gasteiger partial charge in [0.1, 0.15) is 0 Å². The molecule has 0 aliphatic carbocycles. The Labute approximate surface area is 85.8 Å². The van der Waals surface area contributed by atoms with Crippen LogP contribution in [0.25, 0.3) is 0 Å². The molecule has 1 fully saturated rings. The van der Waals surface area contributed by atoms with E-state index in [0.717, 1.165) is 12.8 Å². The first-order valence-corrected chi connectivity index (χ1v) is 5.61. The Morgan fingerprint density at radius 2 is 2.07 bits per heavy atom. The zero-order valence-electron chi connectivity index (χ0n) is 9.12. The van der Waals surface area contributed by atoms with Crippen LogP contribution in [0.15, 0.2) is 0 Å². The number of rotatable bonds is 7. The first kappa shape index (κ1) is 11.5. The molecular weight excluding hydrogens is 180 g/mol. The molecule has 0 aromatic rings. The lowest BCUT2D eigenvalue weighted by molar-refractivity contribution is -0.144. The highest BCUT2D eigenvalue weighted by Crippen LogP contribution is 2.28. The Balaban J connectivity index is 1.99. The predicted molar refractivity (Wildman–Crippen MR) is 54.1 cm³/mol. The van der Waals surface area contributed by atoms with Crippen LogP contribution < -0.4 is 0 Å². The maximum Gasteiger partial charge on any atom is 0.337 e. The first-order valence-electron chi connectivity index (χ1n) is 5.61. The second kappa shape index (κ2) is 6.02. The highest BCUT2D eigenvalue weighted by Gasteiger charge is 2.45. The van der Waals surface area contributed by atoms with Crippen molar-refractivity contribution in [2.75, 3.05) is 6.61 Å². The average molecular weight is 200 g/mol. The molecule has 0 spiro atoms. The summed E-state index contributed by atoms with van der Waals surface area (Å²) in [6.45, 7) is 4.45. The van der Waals surface area contributed by atoms with Gasteiger partial charge in [0.05, 0.1) is 12.7 Å². The molecule has 82 valence electrons. The third kappa shape index (κ3) is 3.66. The monoisotopic (exact) mass is 200 g/mol. The van der Waals surface area contributed by atoms with E-state index >= 15 is 0 Å². The van der Waals surface area contributed by atoms with E-state index in [1.54, 1.807) is 0 Å². The molecule has 1 aliphatic rings. The van der Waals surface area contributed by atoms with E-state index < -0.39 is 0 Å². The van der Waals surface area contributed by atoms with E-state index in [-0.39, 0.29) is 18.2 Å². The van der Waals surface area contributed by atoms with Crippen LogP contribution >= 0.6 is 0 Å². The molecule has 3 heteroatoms. The van der Waals surface area contributed by atoms with Gasteiger partial charge in [0, 0.05) is 0 Å². The molecule has 0 amide bonds. The molecule has 0 radical (unpaired) electrons. The van der Waals surface area contributed by atoms with Crippen LogP contribution in [0.2, 0.25) is 0 Å². The van der Waals surface area contributed by atoms with E-state index in [2.05, 4.69) is 6.92 Å². The molecule has 0 aromatic heterocycles. The molecule has 1 aliphatic heterocycles. The predicted octanol–water partition coefficient (Wildman–Crippen LogP) is 2.29. The Hall–Kier alpha value is -0.570. The van der Waals surface area contributed by atoms with Crippen molar-refractivity contribution < 1.29 is 14.3 Å². The maximum atomic E-state index is 11.2. The number of ether oxygens (including phenoxy) is 2. The van der Waals surface area contributed by atoms with Crippen molar-refractivity contribution in [2.45, 2.75) is 58.2 Å². The number of esters is 1. The van der Waals surface area contributed by atoms with Crippen LogP contribution in [0.5, 0.6) is 0 Å². The van der Waals surface area contributed by atoms with Crippen LogP contribution in [0.1, 0.15) is 46.0 Å². The third-order valence-electron chi connectivity index (χ3n) is 2.44. The summed E-state index contributed by atoms with van der Waals surface area (Å²) in [5.41, 5.74) is 0. The Bertz CT molecular complexity index is 179. The van der Waals surface area contributed by atoms with Gasteiger partial charge in [0.15, 0.2) is 6.10 Å². The van der Waals surface area contributed by atoms with Gasteiger partial charge in [-0.3, -0.25) is 0 Å². The highest BCUT2D eigenvalue weighted by atomic mass is 16.6. The van der Waals surface area contributed by atoms with Crippen LogP contribution in [0.3, 0.4) is 0 Å². The van der Waals surface area contributed by atoms with Crippen molar-refractivity contribution in [1.82, 2.24) is 0 Å². The molecule has 2 atom stereocenters. The summed E-state index contributed by atoms with van der Waals surface area (Å²) in [5, 5.41) is 0. The number of carbonyl (C=O) groups is 1. The van der Waals surface area contributed by atoms with Gasteiger partial charge in [-0.05, 0) is 13.3 Å². The summed E-state index contributed by atoms with van der Waals surface area (Å²) in [7, 11) is 0. The lowest BCUT2D eigenvalue weighted by Crippen LogP contribution is -2.13. The van der Waals surface area contributed by atoms with E-state index in [4.69, 9.17) is 9.47 Å². The molecule has 2 unspecified atom stereocenters. The molecule has 0 bridgehead atoms. The maximum absolute atomic E-state index is 11.2. The minimum absolute atomic E-state index is 0.144. The largest absolute Gasteiger partial charge is 0.464 e. The average Bonchev–Trinajstić information content (AvgIpc) is 2.92. The van der Waals surface area contributed by atoms with Gasteiger partial charge in [0.25, 0.3) is 0 Å². The summed E-state index contributed by atoms with van der Waals surface area (Å²) >= 11 is 0. The van der Waals surface area contributed by atoms with Gasteiger partial charge in [0.2, 0.25) is 0 Å². The van der Waals surface area contributed by atoms with Crippen molar-refractivity contribution in [3.63, 3.8) is 0 Å². The second-order valence-corrected chi connectivity index (χ2v) is 3.70. The summed E-state index contributed by atoms with van der Waals surface area (Å²) in [5.74, 6) is -0.187. The fourth-order valence-corrected chi connectivity index (χ4v) is 1.57. The standard InChI is InChI=1S/C11H20O3/c1-3-5-6-7-8-9-10(14-9)11(12)13-4-2/h9-10H,3-8H2,1-2H3. The lowest BCUT2D eigenvalue weighted by atomic mass is 10.1. The van der Waals surface area contributed by atoms with Crippen molar-refractivity contribution in [1.29, 1.82) is 0 Å². The normalized spacial score (nSPS) is 24.7. The minimum Gasteiger partial charge on any atom is -0.464 e. The molecule has 1 saturated heterocycles. The zero-order chi connectivity index (χ0) is 10.4. The van der Waals surface area contributed by atoms with Gasteiger partial charge in [-0.1, -0.05) is 32.6 Å². The van der Waals surface area contributed by atoms with Crippen molar-refractivity contribution in [3.05, 3.63) is 0 Å². The summed E-state index contributed by atoms with van der Waals surface area (Å²) in [6.07, 6.45) is 5.82. The number of hydrogen-bond acceptors (Lipinski definition) is 3. The quantitative estimate of drug-likeness (QED) is 0.359. The number of hydrogen-bond donors (Lipinski definition) is 0. The second-order valence-electron chi connectivity index (χ2n) is 3.70. The number of unbranched alkanes of at least 4 members (excludes halogenated alkanes) is 3. The SMILES string of the molecule is CCCCCCC1OC1C(=O)OCC. The van der Waals surface area contributed by atoms with Gasteiger partial charge in [-0.15, -0.1) is 0 Å². The highest BCUT2D eigenvalue weighted by molar-refractivity contribution is 5.77. The van der Waals surface area contributed by atoms with Crippen molar-refractivity contribution >= 4 is 5.97 Å². The topological polar surface area (TPSA) is 38.8 Å². The Morgan fingerprint density at radius 3 is 2.71 bits per heavy atom. The van der Waals surface area contributed by atoms with Crippen LogP contribution in [-0.4, -0.2) is 24.8 Å². The third-order valence-corrected chi connectivity index (χ3v) is 2.44. The zero-order valence-corrected chi connectivity index (χ0v) is 9.12. The lowest BCUT2D eigenvalue weighted by Gasteiger charge is -1.97. The minimum atomic E-state index is -0.253. The van der Waals surface area contributed by atoms with Crippen LogP contribution in [0, 0.1) is 0 Å². The first-order chi connectivity index (χ1) is 6.79. The van der Waals surface area contributed by atoms with E-state index in [9.17, 15) is 4.79 Å². The molecular formula is C11H20O3. The van der Waals surface area contributed by atoms with E-state index in [1.807, 2.05) is 6.92 Å². The Morgan fingerprint density at radius 1 is 1.29 bits per heavy atom.